The first-order valence-corrected chi connectivity index (χ1v) is 7.84. The van der Waals surface area contributed by atoms with Crippen LogP contribution >= 0.6 is 0 Å². The van der Waals surface area contributed by atoms with Crippen LogP contribution in [0, 0.1) is 0 Å². The van der Waals surface area contributed by atoms with E-state index in [-0.39, 0.29) is 12.5 Å². The molecule has 1 aromatic rings. The highest BCUT2D eigenvalue weighted by atomic mass is 16.6. The minimum atomic E-state index is -0.916. The minimum absolute atomic E-state index is 0.161. The third kappa shape index (κ3) is 3.64. The predicted molar refractivity (Wildman–Crippen MR) is 85.9 cm³/mol. The second-order valence-electron chi connectivity index (χ2n) is 5.85. The van der Waals surface area contributed by atoms with E-state index in [1.807, 2.05) is 30.3 Å². The minimum Gasteiger partial charge on any atom is -0.450 e. The van der Waals surface area contributed by atoms with E-state index in [1.54, 1.807) is 20.9 Å². The first-order valence-electron chi connectivity index (χ1n) is 7.84. The van der Waals surface area contributed by atoms with Gasteiger partial charge in [0.2, 0.25) is 0 Å². The van der Waals surface area contributed by atoms with Crippen LogP contribution in [0.5, 0.6) is 0 Å². The van der Waals surface area contributed by atoms with Gasteiger partial charge in [0.15, 0.2) is 0 Å². The zero-order valence-corrected chi connectivity index (χ0v) is 13.8. The number of alkyl carbamates (subject to hydrolysis) is 1. The Morgan fingerprint density at radius 2 is 1.96 bits per heavy atom. The van der Waals surface area contributed by atoms with Crippen molar-refractivity contribution in [2.75, 3.05) is 20.2 Å². The molecule has 0 aromatic heterocycles. The molecule has 0 aliphatic carbocycles. The van der Waals surface area contributed by atoms with Gasteiger partial charge in [0.25, 0.3) is 5.91 Å². The fourth-order valence-electron chi connectivity index (χ4n) is 2.97. The summed E-state index contributed by atoms with van der Waals surface area (Å²) in [6, 6.07) is 9.65. The van der Waals surface area contributed by atoms with Gasteiger partial charge in [-0.15, -0.1) is 0 Å². The van der Waals surface area contributed by atoms with Gasteiger partial charge in [-0.05, 0) is 32.3 Å². The maximum absolute atomic E-state index is 12.1. The molecule has 6 heteroatoms. The molecular formula is C17H24N2O4. The van der Waals surface area contributed by atoms with Gasteiger partial charge in [0.1, 0.15) is 11.2 Å². The van der Waals surface area contributed by atoms with Gasteiger partial charge in [-0.25, -0.2) is 4.79 Å². The number of carbonyl (C=O) groups is 2. The lowest BCUT2D eigenvalue weighted by atomic mass is 9.89. The van der Waals surface area contributed by atoms with Crippen LogP contribution in [0.4, 0.5) is 4.79 Å². The molecule has 2 N–H and O–H groups in total. The smallest absolute Gasteiger partial charge is 0.407 e. The van der Waals surface area contributed by atoms with E-state index in [2.05, 4.69) is 10.6 Å². The second kappa shape index (κ2) is 7.00. The Morgan fingerprint density at radius 1 is 1.26 bits per heavy atom. The number of hydrogen-bond donors (Lipinski definition) is 2. The topological polar surface area (TPSA) is 76.7 Å². The molecule has 0 bridgehead atoms. The highest BCUT2D eigenvalue weighted by Gasteiger charge is 2.51. The van der Waals surface area contributed by atoms with E-state index in [9.17, 15) is 9.59 Å². The van der Waals surface area contributed by atoms with E-state index in [0.717, 1.165) is 5.56 Å². The summed E-state index contributed by atoms with van der Waals surface area (Å²) in [4.78, 5) is 23.8. The Morgan fingerprint density at radius 3 is 2.57 bits per heavy atom. The molecule has 0 unspecified atom stereocenters. The Balaban J connectivity index is 2.24. The lowest BCUT2D eigenvalue weighted by molar-refractivity contribution is -0.153. The lowest BCUT2D eigenvalue weighted by Gasteiger charge is -2.33. The highest BCUT2D eigenvalue weighted by molar-refractivity contribution is 5.85. The largest absolute Gasteiger partial charge is 0.450 e. The van der Waals surface area contributed by atoms with Crippen LogP contribution in [0.1, 0.15) is 32.3 Å². The van der Waals surface area contributed by atoms with Crippen molar-refractivity contribution in [3.63, 3.8) is 0 Å². The van der Waals surface area contributed by atoms with Crippen molar-refractivity contribution in [2.24, 2.45) is 0 Å². The molecule has 1 aliphatic heterocycles. The molecule has 0 radical (unpaired) electrons. The Hall–Kier alpha value is -2.08. The summed E-state index contributed by atoms with van der Waals surface area (Å²) in [6.07, 6.45) is 0.722. The van der Waals surface area contributed by atoms with Gasteiger partial charge in [0.05, 0.1) is 13.2 Å². The van der Waals surface area contributed by atoms with Crippen molar-refractivity contribution in [1.29, 1.82) is 0 Å². The lowest BCUT2D eigenvalue weighted by Crippen LogP contribution is -2.47. The molecule has 0 saturated carbocycles. The van der Waals surface area contributed by atoms with Crippen molar-refractivity contribution >= 4 is 12.0 Å². The molecule has 1 heterocycles. The molecule has 2 rings (SSSR count). The maximum Gasteiger partial charge on any atom is 0.407 e. The average molecular weight is 320 g/mol. The summed E-state index contributed by atoms with van der Waals surface area (Å²) in [5, 5.41) is 5.39. The normalized spacial score (nSPS) is 26.6. The Bertz CT molecular complexity index is 563. The summed E-state index contributed by atoms with van der Waals surface area (Å²) in [7, 11) is 1.59. The summed E-state index contributed by atoms with van der Waals surface area (Å²) in [6.45, 7) is 4.09. The quantitative estimate of drug-likeness (QED) is 0.869. The number of rotatable bonds is 5. The van der Waals surface area contributed by atoms with E-state index in [1.165, 1.54) is 0 Å². The summed E-state index contributed by atoms with van der Waals surface area (Å²) >= 11 is 0. The Labute approximate surface area is 136 Å². The van der Waals surface area contributed by atoms with Crippen LogP contribution in [0.25, 0.3) is 0 Å². The van der Waals surface area contributed by atoms with E-state index >= 15 is 0 Å². The van der Waals surface area contributed by atoms with Crippen LogP contribution in [0.15, 0.2) is 30.3 Å². The van der Waals surface area contributed by atoms with E-state index < -0.39 is 17.3 Å². The van der Waals surface area contributed by atoms with Crippen molar-refractivity contribution in [3.05, 3.63) is 35.9 Å². The fraction of sp³-hybridized carbons (Fsp3) is 0.529. The molecule has 1 fully saturated rings. The molecular weight excluding hydrogens is 296 g/mol. The van der Waals surface area contributed by atoms with Crippen LogP contribution in [-0.2, 0) is 19.9 Å². The summed E-state index contributed by atoms with van der Waals surface area (Å²) in [5.41, 5.74) is -0.722. The maximum atomic E-state index is 12.1. The molecule has 2 amide bonds. The molecule has 1 saturated heterocycles. The fourth-order valence-corrected chi connectivity index (χ4v) is 2.97. The van der Waals surface area contributed by atoms with Crippen molar-refractivity contribution in [3.8, 4) is 0 Å². The van der Waals surface area contributed by atoms with Crippen LogP contribution < -0.4 is 10.6 Å². The predicted octanol–water partition coefficient (Wildman–Crippen LogP) is 1.94. The number of carbonyl (C=O) groups excluding carboxylic acids is 2. The monoisotopic (exact) mass is 320 g/mol. The molecule has 6 nitrogen and oxygen atoms in total. The van der Waals surface area contributed by atoms with Gasteiger partial charge in [-0.3, -0.25) is 4.79 Å². The molecule has 0 spiro atoms. The summed E-state index contributed by atoms with van der Waals surface area (Å²) in [5.74, 6) is -0.161. The standard InChI is InChI=1S/C17H24N2O4/c1-4-22-15(21)19-12-17(13-8-6-5-7-9-13)11-10-16(2,23-17)14(20)18-3/h5-9H,4,10-12H2,1-3H3,(H,18,20)(H,19,21)/t16-,17+/m0/s1. The van der Waals surface area contributed by atoms with Crippen molar-refractivity contribution < 1.29 is 19.1 Å². The first-order chi connectivity index (χ1) is 11.0. The van der Waals surface area contributed by atoms with Crippen molar-refractivity contribution in [2.45, 2.75) is 37.9 Å². The third-order valence-electron chi connectivity index (χ3n) is 4.23. The van der Waals surface area contributed by atoms with Crippen LogP contribution in [0.2, 0.25) is 0 Å². The van der Waals surface area contributed by atoms with Gasteiger partial charge in [-0.1, -0.05) is 30.3 Å². The number of ether oxygens (including phenoxy) is 2. The molecule has 2 atom stereocenters. The van der Waals surface area contributed by atoms with E-state index in [0.29, 0.717) is 19.4 Å². The van der Waals surface area contributed by atoms with Gasteiger partial charge in [-0.2, -0.15) is 0 Å². The molecule has 1 aliphatic rings. The van der Waals surface area contributed by atoms with Crippen LogP contribution in [0.3, 0.4) is 0 Å². The van der Waals surface area contributed by atoms with Gasteiger partial charge >= 0.3 is 6.09 Å². The van der Waals surface area contributed by atoms with Gasteiger partial charge in [0, 0.05) is 7.05 Å². The number of nitrogens with one attached hydrogen (secondary N) is 2. The highest BCUT2D eigenvalue weighted by Crippen LogP contribution is 2.44. The second-order valence-corrected chi connectivity index (χ2v) is 5.85. The number of benzene rings is 1. The van der Waals surface area contributed by atoms with Crippen molar-refractivity contribution in [1.82, 2.24) is 10.6 Å². The third-order valence-corrected chi connectivity index (χ3v) is 4.23. The zero-order chi connectivity index (χ0) is 16.9. The molecule has 1 aromatic carbocycles. The van der Waals surface area contributed by atoms with E-state index in [4.69, 9.17) is 9.47 Å². The number of likely N-dealkylation sites (N-methyl/N-ethyl adjacent to an activating group) is 1. The SMILES string of the molecule is CCOC(=O)NC[C@@]1(c2ccccc2)CC[C@@](C)(C(=O)NC)O1. The summed E-state index contributed by atoms with van der Waals surface area (Å²) < 4.78 is 11.1. The number of hydrogen-bond acceptors (Lipinski definition) is 4. The molecule has 126 valence electrons. The molecule has 23 heavy (non-hydrogen) atoms. The average Bonchev–Trinajstić information content (AvgIpc) is 2.93. The first kappa shape index (κ1) is 17.3. The van der Waals surface area contributed by atoms with Gasteiger partial charge < -0.3 is 20.1 Å². The Kier molecular flexibility index (Phi) is 5.26. The zero-order valence-electron chi connectivity index (χ0n) is 13.8. The number of amides is 2. The van der Waals surface area contributed by atoms with Crippen LogP contribution in [-0.4, -0.2) is 37.8 Å².